The fourth-order valence-corrected chi connectivity index (χ4v) is 2.26. The minimum atomic E-state index is -0.188. The largest absolute Gasteiger partial charge is 0.493 e. The van der Waals surface area contributed by atoms with Crippen molar-refractivity contribution in [3.63, 3.8) is 0 Å². The SMILES string of the molecule is COc1ccc(CCc2c(CO)nnn2CC#N)cc1OC. The molecular formula is C15H18N4O3. The molecule has 0 atom stereocenters. The van der Waals surface area contributed by atoms with Crippen LogP contribution in [-0.2, 0) is 26.0 Å². The van der Waals surface area contributed by atoms with Crippen LogP contribution in [0.25, 0.3) is 0 Å². The molecule has 22 heavy (non-hydrogen) atoms. The average Bonchev–Trinajstić information content (AvgIpc) is 2.94. The summed E-state index contributed by atoms with van der Waals surface area (Å²) < 4.78 is 12.0. The number of rotatable bonds is 7. The average molecular weight is 302 g/mol. The summed E-state index contributed by atoms with van der Waals surface area (Å²) in [5.74, 6) is 1.35. The predicted octanol–water partition coefficient (Wildman–Crippen LogP) is 1.10. The molecule has 1 heterocycles. The number of hydrogen-bond acceptors (Lipinski definition) is 6. The van der Waals surface area contributed by atoms with Gasteiger partial charge in [-0.05, 0) is 30.5 Å². The van der Waals surface area contributed by atoms with Gasteiger partial charge in [-0.15, -0.1) is 5.10 Å². The summed E-state index contributed by atoms with van der Waals surface area (Å²) in [5, 5.41) is 25.9. The van der Waals surface area contributed by atoms with Crippen molar-refractivity contribution in [2.24, 2.45) is 0 Å². The summed E-state index contributed by atoms with van der Waals surface area (Å²) in [6, 6.07) is 7.76. The van der Waals surface area contributed by atoms with Crippen molar-refractivity contribution < 1.29 is 14.6 Å². The summed E-state index contributed by atoms with van der Waals surface area (Å²) in [4.78, 5) is 0. The van der Waals surface area contributed by atoms with Crippen molar-refractivity contribution in [3.05, 3.63) is 35.2 Å². The van der Waals surface area contributed by atoms with E-state index in [-0.39, 0.29) is 13.2 Å². The highest BCUT2D eigenvalue weighted by molar-refractivity contribution is 5.43. The summed E-state index contributed by atoms with van der Waals surface area (Å²) in [5.41, 5.74) is 2.35. The Hall–Kier alpha value is -2.59. The van der Waals surface area contributed by atoms with Crippen LogP contribution in [0.3, 0.4) is 0 Å². The molecule has 0 bridgehead atoms. The van der Waals surface area contributed by atoms with Crippen LogP contribution in [0, 0.1) is 11.3 Å². The first-order valence-corrected chi connectivity index (χ1v) is 6.83. The number of aromatic nitrogens is 3. The van der Waals surface area contributed by atoms with E-state index < -0.39 is 0 Å². The van der Waals surface area contributed by atoms with Gasteiger partial charge in [0.15, 0.2) is 11.5 Å². The molecule has 0 amide bonds. The first-order chi connectivity index (χ1) is 10.7. The van der Waals surface area contributed by atoms with Crippen molar-refractivity contribution in [1.29, 1.82) is 5.26 Å². The predicted molar refractivity (Wildman–Crippen MR) is 78.5 cm³/mol. The topological polar surface area (TPSA) is 93.2 Å². The van der Waals surface area contributed by atoms with Crippen LogP contribution in [0.15, 0.2) is 18.2 Å². The van der Waals surface area contributed by atoms with E-state index in [1.807, 2.05) is 24.3 Å². The number of nitrogens with zero attached hydrogens (tertiary/aromatic N) is 4. The minimum absolute atomic E-state index is 0.119. The van der Waals surface area contributed by atoms with E-state index in [0.717, 1.165) is 11.3 Å². The second-order valence-electron chi connectivity index (χ2n) is 4.65. The number of aliphatic hydroxyl groups is 1. The molecule has 7 nitrogen and oxygen atoms in total. The van der Waals surface area contributed by atoms with Crippen molar-refractivity contribution in [1.82, 2.24) is 15.0 Å². The third-order valence-electron chi connectivity index (χ3n) is 3.39. The van der Waals surface area contributed by atoms with E-state index in [0.29, 0.717) is 30.0 Å². The maximum atomic E-state index is 9.31. The van der Waals surface area contributed by atoms with Gasteiger partial charge < -0.3 is 14.6 Å². The van der Waals surface area contributed by atoms with Crippen molar-refractivity contribution in [2.45, 2.75) is 26.0 Å². The molecule has 0 fully saturated rings. The van der Waals surface area contributed by atoms with Gasteiger partial charge in [-0.2, -0.15) is 5.26 Å². The minimum Gasteiger partial charge on any atom is -0.493 e. The van der Waals surface area contributed by atoms with Gasteiger partial charge in [0.2, 0.25) is 0 Å². The highest BCUT2D eigenvalue weighted by atomic mass is 16.5. The van der Waals surface area contributed by atoms with Gasteiger partial charge in [0.05, 0.1) is 32.6 Å². The lowest BCUT2D eigenvalue weighted by molar-refractivity contribution is 0.275. The van der Waals surface area contributed by atoms with E-state index in [1.54, 1.807) is 14.2 Å². The molecule has 0 saturated heterocycles. The second kappa shape index (κ2) is 7.43. The number of nitriles is 1. The number of ether oxygens (including phenoxy) is 2. The van der Waals surface area contributed by atoms with E-state index >= 15 is 0 Å². The van der Waals surface area contributed by atoms with Crippen molar-refractivity contribution in [3.8, 4) is 17.6 Å². The van der Waals surface area contributed by atoms with Gasteiger partial charge >= 0.3 is 0 Å². The number of aliphatic hydroxyl groups excluding tert-OH is 1. The smallest absolute Gasteiger partial charge is 0.160 e. The highest BCUT2D eigenvalue weighted by Gasteiger charge is 2.12. The summed E-state index contributed by atoms with van der Waals surface area (Å²) in [6.45, 7) is -0.0685. The molecule has 0 radical (unpaired) electrons. The normalized spacial score (nSPS) is 10.3. The maximum Gasteiger partial charge on any atom is 0.160 e. The molecule has 116 valence electrons. The number of aryl methyl sites for hydroxylation is 1. The first-order valence-electron chi connectivity index (χ1n) is 6.83. The van der Waals surface area contributed by atoms with Crippen LogP contribution in [0.1, 0.15) is 17.0 Å². The molecule has 0 aliphatic heterocycles. The van der Waals surface area contributed by atoms with Gasteiger partial charge in [0.25, 0.3) is 0 Å². The molecule has 1 N–H and O–H groups in total. The zero-order valence-electron chi connectivity index (χ0n) is 12.6. The monoisotopic (exact) mass is 302 g/mol. The maximum absolute atomic E-state index is 9.31. The van der Waals surface area contributed by atoms with Crippen LogP contribution >= 0.6 is 0 Å². The third kappa shape index (κ3) is 3.35. The lowest BCUT2D eigenvalue weighted by atomic mass is 10.1. The highest BCUT2D eigenvalue weighted by Crippen LogP contribution is 2.28. The van der Waals surface area contributed by atoms with Gasteiger partial charge in [-0.25, -0.2) is 4.68 Å². The first kappa shape index (κ1) is 15.8. The van der Waals surface area contributed by atoms with E-state index in [9.17, 15) is 5.11 Å². The van der Waals surface area contributed by atoms with Gasteiger partial charge in [-0.3, -0.25) is 0 Å². The van der Waals surface area contributed by atoms with E-state index in [1.165, 1.54) is 4.68 Å². The van der Waals surface area contributed by atoms with E-state index in [4.69, 9.17) is 14.7 Å². The van der Waals surface area contributed by atoms with Crippen LogP contribution < -0.4 is 9.47 Å². The zero-order chi connectivity index (χ0) is 15.9. The molecule has 7 heteroatoms. The number of methoxy groups -OCH3 is 2. The fourth-order valence-electron chi connectivity index (χ4n) is 2.26. The lowest BCUT2D eigenvalue weighted by Crippen LogP contribution is -2.07. The Balaban J connectivity index is 2.16. The Morgan fingerprint density at radius 2 is 2.00 bits per heavy atom. The molecule has 2 rings (SSSR count). The quantitative estimate of drug-likeness (QED) is 0.823. The molecule has 0 aliphatic carbocycles. The molecule has 0 saturated carbocycles. The molecule has 0 aliphatic rings. The molecule has 0 unspecified atom stereocenters. The Bertz CT molecular complexity index is 676. The fraction of sp³-hybridized carbons (Fsp3) is 0.400. The van der Waals surface area contributed by atoms with Gasteiger partial charge in [-0.1, -0.05) is 11.3 Å². The number of hydrogen-bond donors (Lipinski definition) is 1. The van der Waals surface area contributed by atoms with Crippen molar-refractivity contribution in [2.75, 3.05) is 14.2 Å². The Kier molecular flexibility index (Phi) is 5.33. The molecule has 2 aromatic rings. The number of benzene rings is 1. The lowest BCUT2D eigenvalue weighted by Gasteiger charge is -2.10. The van der Waals surface area contributed by atoms with E-state index in [2.05, 4.69) is 10.3 Å². The Morgan fingerprint density at radius 3 is 2.64 bits per heavy atom. The molecule has 0 spiro atoms. The molecule has 1 aromatic carbocycles. The Labute approximate surface area is 128 Å². The summed E-state index contributed by atoms with van der Waals surface area (Å²) in [7, 11) is 3.19. The summed E-state index contributed by atoms with van der Waals surface area (Å²) >= 11 is 0. The second-order valence-corrected chi connectivity index (χ2v) is 4.65. The molecular weight excluding hydrogens is 284 g/mol. The zero-order valence-corrected chi connectivity index (χ0v) is 12.6. The molecule has 1 aromatic heterocycles. The van der Waals surface area contributed by atoms with Crippen LogP contribution in [0.2, 0.25) is 0 Å². The van der Waals surface area contributed by atoms with Gasteiger partial charge in [0, 0.05) is 0 Å². The van der Waals surface area contributed by atoms with Crippen LogP contribution in [-0.4, -0.2) is 34.3 Å². The van der Waals surface area contributed by atoms with Gasteiger partial charge in [0.1, 0.15) is 12.2 Å². The summed E-state index contributed by atoms with van der Waals surface area (Å²) in [6.07, 6.45) is 1.34. The standard InChI is InChI=1S/C15H18N4O3/c1-21-14-6-4-11(9-15(14)22-2)3-5-13-12(10-20)17-18-19(13)8-7-16/h4,6,9,20H,3,5,8,10H2,1-2H3. The van der Waals surface area contributed by atoms with Crippen LogP contribution in [0.5, 0.6) is 11.5 Å². The van der Waals surface area contributed by atoms with Crippen molar-refractivity contribution >= 4 is 0 Å². The third-order valence-corrected chi connectivity index (χ3v) is 3.39. The van der Waals surface area contributed by atoms with Crippen LogP contribution in [0.4, 0.5) is 0 Å². The Morgan fingerprint density at radius 1 is 1.23 bits per heavy atom.